The quantitative estimate of drug-likeness (QED) is 0.193. The van der Waals surface area contributed by atoms with Crippen LogP contribution in [-0.4, -0.2) is 19.9 Å². The van der Waals surface area contributed by atoms with Gasteiger partial charge in [0.05, 0.1) is 11.2 Å². The van der Waals surface area contributed by atoms with Crippen LogP contribution in [0.5, 0.6) is 0 Å². The van der Waals surface area contributed by atoms with Gasteiger partial charge in [0.1, 0.15) is 0 Å². The summed E-state index contributed by atoms with van der Waals surface area (Å²) in [7, 11) is 0. The smallest absolute Gasteiger partial charge is 0.164 e. The maximum Gasteiger partial charge on any atom is 0.164 e. The van der Waals surface area contributed by atoms with Gasteiger partial charge in [0.15, 0.2) is 17.5 Å². The van der Waals surface area contributed by atoms with Crippen LogP contribution in [0.4, 0.5) is 0 Å². The van der Waals surface area contributed by atoms with E-state index in [9.17, 15) is 0 Å². The fraction of sp³-hybridized carbons (Fsp3) is 0. The number of thiophene rings is 1. The van der Waals surface area contributed by atoms with E-state index in [0.29, 0.717) is 17.5 Å². The van der Waals surface area contributed by atoms with E-state index >= 15 is 0 Å². The molecule has 0 aliphatic rings. The van der Waals surface area contributed by atoms with E-state index in [2.05, 4.69) is 97.1 Å². The Morgan fingerprint density at radius 2 is 0.787 bits per heavy atom. The van der Waals surface area contributed by atoms with Gasteiger partial charge in [-0.2, -0.15) is 0 Å². The number of hydrogen-bond donors (Lipinski definition) is 0. The molecular formula is C42H26N4S. The first-order valence-corrected chi connectivity index (χ1v) is 16.4. The molecule has 0 spiro atoms. The van der Waals surface area contributed by atoms with Crippen LogP contribution in [0.1, 0.15) is 0 Å². The minimum absolute atomic E-state index is 0.647. The molecule has 0 bridgehead atoms. The molecule has 9 aromatic rings. The number of para-hydroxylation sites is 1. The maximum absolute atomic E-state index is 5.19. The molecule has 3 heterocycles. The lowest BCUT2D eigenvalue weighted by molar-refractivity contribution is 1.07. The SMILES string of the molecule is c1ccc(-c2nc(-c3ccccc3)nc(-c3ccc(-c4ccc(-c5nc6ccccc6c6sc7ccccc7c56)cc4)cc3)n2)cc1. The van der Waals surface area contributed by atoms with E-state index in [1.807, 2.05) is 72.0 Å². The van der Waals surface area contributed by atoms with E-state index in [4.69, 9.17) is 19.9 Å². The number of rotatable bonds is 5. The van der Waals surface area contributed by atoms with Crippen molar-refractivity contribution in [2.45, 2.75) is 0 Å². The van der Waals surface area contributed by atoms with Crippen molar-refractivity contribution in [3.05, 3.63) is 158 Å². The summed E-state index contributed by atoms with van der Waals surface area (Å²) >= 11 is 1.84. The van der Waals surface area contributed by atoms with Crippen molar-refractivity contribution in [3.8, 4) is 56.5 Å². The highest BCUT2D eigenvalue weighted by atomic mass is 32.1. The zero-order valence-electron chi connectivity index (χ0n) is 25.2. The fourth-order valence-corrected chi connectivity index (χ4v) is 7.43. The van der Waals surface area contributed by atoms with Gasteiger partial charge in [0, 0.05) is 47.8 Å². The monoisotopic (exact) mass is 618 g/mol. The molecule has 220 valence electrons. The summed E-state index contributed by atoms with van der Waals surface area (Å²) in [6.07, 6.45) is 0. The molecule has 0 saturated carbocycles. The number of benzene rings is 6. The van der Waals surface area contributed by atoms with Gasteiger partial charge in [-0.05, 0) is 23.3 Å². The van der Waals surface area contributed by atoms with Crippen molar-refractivity contribution < 1.29 is 0 Å². The van der Waals surface area contributed by atoms with Gasteiger partial charge in [-0.3, -0.25) is 0 Å². The maximum atomic E-state index is 5.19. The van der Waals surface area contributed by atoms with E-state index < -0.39 is 0 Å². The Morgan fingerprint density at radius 1 is 0.340 bits per heavy atom. The van der Waals surface area contributed by atoms with Crippen molar-refractivity contribution in [2.24, 2.45) is 0 Å². The molecule has 0 amide bonds. The molecule has 6 aromatic carbocycles. The molecule has 0 unspecified atom stereocenters. The Labute approximate surface area is 275 Å². The van der Waals surface area contributed by atoms with Crippen LogP contribution < -0.4 is 0 Å². The highest BCUT2D eigenvalue weighted by Gasteiger charge is 2.16. The minimum Gasteiger partial charge on any atom is -0.247 e. The molecule has 0 aliphatic carbocycles. The Balaban J connectivity index is 1.08. The molecule has 4 nitrogen and oxygen atoms in total. The summed E-state index contributed by atoms with van der Waals surface area (Å²) in [6.45, 7) is 0. The second-order valence-electron chi connectivity index (χ2n) is 11.5. The predicted octanol–water partition coefficient (Wildman–Crippen LogP) is 11.1. The lowest BCUT2D eigenvalue weighted by Gasteiger charge is -2.10. The number of aromatic nitrogens is 4. The molecule has 0 N–H and O–H groups in total. The first kappa shape index (κ1) is 27.3. The van der Waals surface area contributed by atoms with Gasteiger partial charge in [-0.15, -0.1) is 11.3 Å². The number of nitrogens with zero attached hydrogens (tertiary/aromatic N) is 4. The molecule has 5 heteroatoms. The molecule has 0 aliphatic heterocycles. The van der Waals surface area contributed by atoms with Crippen LogP contribution in [0, 0.1) is 0 Å². The van der Waals surface area contributed by atoms with Crippen molar-refractivity contribution >= 4 is 42.4 Å². The van der Waals surface area contributed by atoms with Crippen LogP contribution in [-0.2, 0) is 0 Å². The molecular weight excluding hydrogens is 593 g/mol. The summed E-state index contributed by atoms with van der Waals surface area (Å²) in [5, 5.41) is 3.68. The van der Waals surface area contributed by atoms with Crippen LogP contribution in [0.3, 0.4) is 0 Å². The van der Waals surface area contributed by atoms with Crippen LogP contribution in [0.2, 0.25) is 0 Å². The Hall–Kier alpha value is -6.04. The third-order valence-corrected chi connectivity index (χ3v) is 9.75. The van der Waals surface area contributed by atoms with Gasteiger partial charge in [-0.1, -0.05) is 146 Å². The Kier molecular flexibility index (Phi) is 6.61. The summed E-state index contributed by atoms with van der Waals surface area (Å²) in [6, 6.07) is 54.4. The zero-order chi connectivity index (χ0) is 31.2. The minimum atomic E-state index is 0.647. The van der Waals surface area contributed by atoms with E-state index in [0.717, 1.165) is 44.6 Å². The topological polar surface area (TPSA) is 51.6 Å². The first-order chi connectivity index (χ1) is 23.3. The molecule has 0 atom stereocenters. The fourth-order valence-electron chi connectivity index (χ4n) is 6.19. The van der Waals surface area contributed by atoms with Crippen molar-refractivity contribution in [2.75, 3.05) is 0 Å². The molecule has 0 saturated heterocycles. The third kappa shape index (κ3) is 4.94. The van der Waals surface area contributed by atoms with Crippen LogP contribution in [0.15, 0.2) is 158 Å². The van der Waals surface area contributed by atoms with Gasteiger partial charge < -0.3 is 0 Å². The molecule has 47 heavy (non-hydrogen) atoms. The van der Waals surface area contributed by atoms with Gasteiger partial charge in [0.25, 0.3) is 0 Å². The standard InChI is InChI=1S/C42H26N4S/c1-3-11-30(12-4-1)40-44-41(31-13-5-2-6-14-31)46-42(45-40)32-25-21-28(22-26-32)27-19-23-29(24-20-27)38-37-34-16-8-10-18-36(34)47-39(37)33-15-7-9-17-35(33)43-38/h1-26H. The second-order valence-corrected chi connectivity index (χ2v) is 12.5. The number of pyridine rings is 1. The summed E-state index contributed by atoms with van der Waals surface area (Å²) in [5.41, 5.74) is 8.27. The summed E-state index contributed by atoms with van der Waals surface area (Å²) in [5.74, 6) is 1.96. The largest absolute Gasteiger partial charge is 0.247 e. The molecule has 0 fully saturated rings. The Bertz CT molecular complexity index is 2480. The van der Waals surface area contributed by atoms with Crippen LogP contribution in [0.25, 0.3) is 87.6 Å². The number of hydrogen-bond acceptors (Lipinski definition) is 5. The highest BCUT2D eigenvalue weighted by molar-refractivity contribution is 7.26. The lowest BCUT2D eigenvalue weighted by Crippen LogP contribution is -2.00. The molecule has 3 aromatic heterocycles. The lowest BCUT2D eigenvalue weighted by atomic mass is 9.99. The molecule has 9 rings (SSSR count). The average molecular weight is 619 g/mol. The number of fused-ring (bicyclic) bond motifs is 5. The van der Waals surface area contributed by atoms with Gasteiger partial charge in [-0.25, -0.2) is 19.9 Å². The van der Waals surface area contributed by atoms with Crippen molar-refractivity contribution in [1.82, 2.24) is 19.9 Å². The Morgan fingerprint density at radius 3 is 1.38 bits per heavy atom. The summed E-state index contributed by atoms with van der Waals surface area (Å²) in [4.78, 5) is 19.8. The first-order valence-electron chi connectivity index (χ1n) is 15.6. The van der Waals surface area contributed by atoms with Crippen LogP contribution >= 0.6 is 11.3 Å². The van der Waals surface area contributed by atoms with Crippen molar-refractivity contribution in [3.63, 3.8) is 0 Å². The highest BCUT2D eigenvalue weighted by Crippen LogP contribution is 2.42. The van der Waals surface area contributed by atoms with E-state index in [-0.39, 0.29) is 0 Å². The zero-order valence-corrected chi connectivity index (χ0v) is 26.0. The normalized spacial score (nSPS) is 11.4. The molecule has 0 radical (unpaired) electrons. The van der Waals surface area contributed by atoms with E-state index in [1.165, 1.54) is 25.6 Å². The second kappa shape index (κ2) is 11.4. The van der Waals surface area contributed by atoms with Gasteiger partial charge >= 0.3 is 0 Å². The predicted molar refractivity (Wildman–Crippen MR) is 195 cm³/mol. The summed E-state index contributed by atoms with van der Waals surface area (Å²) < 4.78 is 2.57. The average Bonchev–Trinajstić information content (AvgIpc) is 3.55. The van der Waals surface area contributed by atoms with E-state index in [1.54, 1.807) is 0 Å². The van der Waals surface area contributed by atoms with Gasteiger partial charge in [0.2, 0.25) is 0 Å². The third-order valence-electron chi connectivity index (χ3n) is 8.55. The van der Waals surface area contributed by atoms with Crippen molar-refractivity contribution in [1.29, 1.82) is 0 Å².